The van der Waals surface area contributed by atoms with Gasteiger partial charge in [-0.2, -0.15) is 0 Å². The molecule has 0 aromatic heterocycles. The van der Waals surface area contributed by atoms with Crippen molar-refractivity contribution in [3.05, 3.63) is 33.1 Å². The maximum atomic E-state index is 12.2. The molecule has 0 radical (unpaired) electrons. The summed E-state index contributed by atoms with van der Waals surface area (Å²) in [6.45, 7) is 4.33. The van der Waals surface area contributed by atoms with Gasteiger partial charge in [-0.3, -0.25) is 19.3 Å². The van der Waals surface area contributed by atoms with Gasteiger partial charge in [-0.05, 0) is 58.4 Å². The number of nitrogens with zero attached hydrogens (tertiary/aromatic N) is 2. The molecule has 2 fully saturated rings. The Morgan fingerprint density at radius 1 is 1.33 bits per heavy atom. The number of benzene rings is 1. The highest BCUT2D eigenvalue weighted by atomic mass is 79.9. The molecule has 0 atom stereocenters. The van der Waals surface area contributed by atoms with E-state index in [0.29, 0.717) is 48.0 Å². The summed E-state index contributed by atoms with van der Waals surface area (Å²) in [6.07, 6.45) is 1.67. The first kappa shape index (κ1) is 19.9. The van der Waals surface area contributed by atoms with Gasteiger partial charge in [0.15, 0.2) is 6.61 Å². The number of ether oxygens (including phenoxy) is 2. The van der Waals surface area contributed by atoms with Gasteiger partial charge in [0, 0.05) is 19.6 Å². The molecule has 2 heterocycles. The highest BCUT2D eigenvalue weighted by Crippen LogP contribution is 2.33. The fraction of sp³-hybridized carbons (Fsp3) is 0.389. The molecule has 0 spiro atoms. The Hall–Kier alpha value is -1.84. The van der Waals surface area contributed by atoms with Crippen LogP contribution in [0.2, 0.25) is 0 Å². The molecule has 2 saturated heterocycles. The van der Waals surface area contributed by atoms with Crippen LogP contribution >= 0.6 is 27.7 Å². The highest BCUT2D eigenvalue weighted by molar-refractivity contribution is 9.10. The smallest absolute Gasteiger partial charge is 0.293 e. The van der Waals surface area contributed by atoms with E-state index in [1.54, 1.807) is 36.1 Å². The van der Waals surface area contributed by atoms with E-state index in [1.165, 1.54) is 4.90 Å². The van der Waals surface area contributed by atoms with Crippen LogP contribution in [-0.2, 0) is 14.3 Å². The van der Waals surface area contributed by atoms with Crippen molar-refractivity contribution in [3.8, 4) is 5.75 Å². The lowest BCUT2D eigenvalue weighted by Crippen LogP contribution is -2.43. The standard InChI is InChI=1S/C18H19BrN2O5S/c1-2-21-17(23)15(27-18(21)24)10-12-3-4-14(13(19)9-12)26-11-16(22)20-5-7-25-8-6-20/h3-4,9-10H,2,5-8,11H2,1H3/b15-10-. The number of carbonyl (C=O) groups is 3. The Balaban J connectivity index is 1.64. The van der Waals surface area contributed by atoms with Crippen molar-refractivity contribution in [2.45, 2.75) is 6.92 Å². The van der Waals surface area contributed by atoms with E-state index >= 15 is 0 Å². The lowest BCUT2D eigenvalue weighted by molar-refractivity contribution is -0.137. The van der Waals surface area contributed by atoms with E-state index in [2.05, 4.69) is 15.9 Å². The lowest BCUT2D eigenvalue weighted by Gasteiger charge is -2.26. The quantitative estimate of drug-likeness (QED) is 0.636. The van der Waals surface area contributed by atoms with Gasteiger partial charge in [0.1, 0.15) is 5.75 Å². The number of halogens is 1. The normalized spacial score (nSPS) is 19.1. The highest BCUT2D eigenvalue weighted by Gasteiger charge is 2.33. The van der Waals surface area contributed by atoms with Crippen molar-refractivity contribution >= 4 is 50.8 Å². The first-order valence-corrected chi connectivity index (χ1v) is 10.1. The second-order valence-electron chi connectivity index (χ2n) is 5.90. The number of likely N-dealkylation sites (N-methyl/N-ethyl adjacent to an activating group) is 1. The Kier molecular flexibility index (Phi) is 6.56. The SMILES string of the molecule is CCN1C(=O)S/C(=C\c2ccc(OCC(=O)N3CCOCC3)c(Br)c2)C1=O. The Labute approximate surface area is 169 Å². The van der Waals surface area contributed by atoms with Crippen LogP contribution in [0.25, 0.3) is 6.08 Å². The van der Waals surface area contributed by atoms with Crippen LogP contribution in [0.5, 0.6) is 5.75 Å². The molecule has 1 aromatic carbocycles. The predicted molar refractivity (Wildman–Crippen MR) is 105 cm³/mol. The van der Waals surface area contributed by atoms with E-state index in [0.717, 1.165) is 17.3 Å². The monoisotopic (exact) mass is 454 g/mol. The summed E-state index contributed by atoms with van der Waals surface area (Å²) in [6, 6.07) is 5.29. The van der Waals surface area contributed by atoms with Crippen LogP contribution in [-0.4, -0.2) is 66.3 Å². The molecular weight excluding hydrogens is 436 g/mol. The van der Waals surface area contributed by atoms with Crippen molar-refractivity contribution in [2.75, 3.05) is 39.5 Å². The molecule has 0 N–H and O–H groups in total. The molecule has 2 aliphatic rings. The number of hydrogen-bond acceptors (Lipinski definition) is 6. The largest absolute Gasteiger partial charge is 0.483 e. The van der Waals surface area contributed by atoms with E-state index in [4.69, 9.17) is 9.47 Å². The average molecular weight is 455 g/mol. The number of thioether (sulfide) groups is 1. The summed E-state index contributed by atoms with van der Waals surface area (Å²) < 4.78 is 11.5. The number of imide groups is 1. The van der Waals surface area contributed by atoms with Crippen molar-refractivity contribution in [3.63, 3.8) is 0 Å². The second kappa shape index (κ2) is 8.90. The molecule has 7 nitrogen and oxygen atoms in total. The fourth-order valence-electron chi connectivity index (χ4n) is 2.69. The zero-order valence-electron chi connectivity index (χ0n) is 14.8. The maximum Gasteiger partial charge on any atom is 0.293 e. The maximum absolute atomic E-state index is 12.2. The van der Waals surface area contributed by atoms with Gasteiger partial charge in [0.25, 0.3) is 17.1 Å². The van der Waals surface area contributed by atoms with Crippen molar-refractivity contribution < 1.29 is 23.9 Å². The first-order chi connectivity index (χ1) is 13.0. The van der Waals surface area contributed by atoms with Gasteiger partial charge in [-0.1, -0.05) is 6.07 Å². The Bertz CT molecular complexity index is 792. The van der Waals surface area contributed by atoms with Crippen LogP contribution in [0.15, 0.2) is 27.6 Å². The van der Waals surface area contributed by atoms with Crippen molar-refractivity contribution in [2.24, 2.45) is 0 Å². The van der Waals surface area contributed by atoms with Gasteiger partial charge >= 0.3 is 0 Å². The number of morpholine rings is 1. The Morgan fingerprint density at radius 2 is 2.07 bits per heavy atom. The summed E-state index contributed by atoms with van der Waals surface area (Å²) in [5.41, 5.74) is 0.760. The number of carbonyl (C=O) groups excluding carboxylic acids is 3. The van der Waals surface area contributed by atoms with E-state index < -0.39 is 0 Å². The summed E-state index contributed by atoms with van der Waals surface area (Å²) in [5, 5.41) is -0.255. The molecule has 1 aromatic rings. The minimum Gasteiger partial charge on any atom is -0.483 e. The number of rotatable bonds is 5. The zero-order valence-corrected chi connectivity index (χ0v) is 17.2. The topological polar surface area (TPSA) is 76.2 Å². The van der Waals surface area contributed by atoms with Crippen LogP contribution in [0.1, 0.15) is 12.5 Å². The summed E-state index contributed by atoms with van der Waals surface area (Å²) in [5.74, 6) is 0.179. The fourth-order valence-corrected chi connectivity index (χ4v) is 4.11. The van der Waals surface area contributed by atoms with Crippen LogP contribution in [0.4, 0.5) is 4.79 Å². The van der Waals surface area contributed by atoms with E-state index in [9.17, 15) is 14.4 Å². The molecule has 2 aliphatic heterocycles. The summed E-state index contributed by atoms with van der Waals surface area (Å²) in [7, 11) is 0. The predicted octanol–water partition coefficient (Wildman–Crippen LogP) is 2.74. The first-order valence-electron chi connectivity index (χ1n) is 8.53. The third kappa shape index (κ3) is 4.72. The molecule has 3 rings (SSSR count). The van der Waals surface area contributed by atoms with Gasteiger partial charge in [-0.25, -0.2) is 0 Å². The number of amides is 3. The van der Waals surface area contributed by atoms with Crippen LogP contribution in [0, 0.1) is 0 Å². The van der Waals surface area contributed by atoms with Crippen LogP contribution < -0.4 is 4.74 Å². The van der Waals surface area contributed by atoms with E-state index in [1.807, 2.05) is 0 Å². The van der Waals surface area contributed by atoms with Gasteiger partial charge in [0.2, 0.25) is 0 Å². The van der Waals surface area contributed by atoms with Gasteiger partial charge in [0.05, 0.1) is 22.6 Å². The molecule has 0 aliphatic carbocycles. The minimum absolute atomic E-state index is 0.0483. The van der Waals surface area contributed by atoms with Crippen molar-refractivity contribution in [1.82, 2.24) is 9.80 Å². The van der Waals surface area contributed by atoms with Crippen molar-refractivity contribution in [1.29, 1.82) is 0 Å². The molecule has 0 unspecified atom stereocenters. The van der Waals surface area contributed by atoms with Gasteiger partial charge < -0.3 is 14.4 Å². The minimum atomic E-state index is -0.278. The summed E-state index contributed by atoms with van der Waals surface area (Å²) >= 11 is 4.36. The number of hydrogen-bond donors (Lipinski definition) is 0. The molecule has 0 saturated carbocycles. The molecule has 0 bridgehead atoms. The van der Waals surface area contributed by atoms with E-state index in [-0.39, 0.29) is 23.7 Å². The average Bonchev–Trinajstić information content (AvgIpc) is 2.94. The van der Waals surface area contributed by atoms with Gasteiger partial charge in [-0.15, -0.1) is 0 Å². The third-order valence-electron chi connectivity index (χ3n) is 4.16. The third-order valence-corrected chi connectivity index (χ3v) is 5.69. The Morgan fingerprint density at radius 3 is 2.70 bits per heavy atom. The summed E-state index contributed by atoms with van der Waals surface area (Å²) in [4.78, 5) is 39.4. The molecule has 9 heteroatoms. The molecule has 27 heavy (non-hydrogen) atoms. The molecular formula is C18H19BrN2O5S. The second-order valence-corrected chi connectivity index (χ2v) is 7.75. The molecule has 144 valence electrons. The lowest BCUT2D eigenvalue weighted by atomic mass is 10.2. The van der Waals surface area contributed by atoms with Crippen LogP contribution in [0.3, 0.4) is 0 Å². The zero-order chi connectivity index (χ0) is 19.4. The molecule has 3 amide bonds.